The molecule has 0 spiro atoms. The molecule has 118 valence electrons. The number of aliphatic imine (C=N–C) groups is 1. The second kappa shape index (κ2) is 5.89. The predicted molar refractivity (Wildman–Crippen MR) is 81.0 cm³/mol. The van der Waals surface area contributed by atoms with Gasteiger partial charge in [0.15, 0.2) is 5.17 Å². The fraction of sp³-hybridized carbons (Fsp3) is 0.786. The highest BCUT2D eigenvalue weighted by Gasteiger charge is 2.50. The molecule has 3 aliphatic rings. The summed E-state index contributed by atoms with van der Waals surface area (Å²) < 4.78 is 5.76. The number of ether oxygens (including phenoxy) is 1. The summed E-state index contributed by atoms with van der Waals surface area (Å²) in [5, 5.41) is 34.4. The highest BCUT2D eigenvalue weighted by molar-refractivity contribution is 8.14. The van der Waals surface area contributed by atoms with Crippen LogP contribution in [-0.2, 0) is 4.74 Å². The average Bonchev–Trinajstić information content (AvgIpc) is 3.19. The van der Waals surface area contributed by atoms with E-state index in [0.717, 1.165) is 17.6 Å². The van der Waals surface area contributed by atoms with Gasteiger partial charge in [0.2, 0.25) is 0 Å². The molecule has 1 aliphatic carbocycles. The van der Waals surface area contributed by atoms with Crippen molar-refractivity contribution < 1.29 is 20.1 Å². The Labute approximate surface area is 128 Å². The van der Waals surface area contributed by atoms with Gasteiger partial charge in [-0.25, -0.2) is 0 Å². The zero-order valence-electron chi connectivity index (χ0n) is 12.0. The number of aliphatic hydroxyl groups is 3. The maximum absolute atomic E-state index is 10.2. The minimum Gasteiger partial charge on any atom is -0.388 e. The number of amidine groups is 1. The molecule has 6 nitrogen and oxygen atoms in total. The lowest BCUT2D eigenvalue weighted by Crippen LogP contribution is -2.58. The van der Waals surface area contributed by atoms with Crippen LogP contribution >= 0.6 is 11.8 Å². The van der Waals surface area contributed by atoms with Crippen LogP contribution in [0.3, 0.4) is 0 Å². The van der Waals surface area contributed by atoms with Crippen molar-refractivity contribution in [3.8, 4) is 0 Å². The van der Waals surface area contributed by atoms with Crippen LogP contribution in [0.2, 0.25) is 0 Å². The standard InChI is InChI=1S/C14H22N2O4S/c1-6(2)9(17)12-11(19)10(18)8-13(20-12)21-14(16-8)15-5-7-3-4-7/h7-13,17-19H,1,3-5H2,2H3,(H,15,16)/t8-,9-,10-,11+,12?,13-/m1/s1. The zero-order chi connectivity index (χ0) is 15.1. The van der Waals surface area contributed by atoms with Crippen molar-refractivity contribution in [1.82, 2.24) is 5.32 Å². The molecule has 6 atom stereocenters. The number of hydrogen-bond donors (Lipinski definition) is 4. The molecule has 0 aromatic rings. The minimum atomic E-state index is -1.18. The summed E-state index contributed by atoms with van der Waals surface area (Å²) in [6.07, 6.45) is -1.59. The molecule has 0 radical (unpaired) electrons. The quantitative estimate of drug-likeness (QED) is 0.539. The van der Waals surface area contributed by atoms with Gasteiger partial charge in [0.1, 0.15) is 35.9 Å². The fourth-order valence-electron chi connectivity index (χ4n) is 2.57. The maximum Gasteiger partial charge on any atom is 0.159 e. The first-order valence-electron chi connectivity index (χ1n) is 7.30. The van der Waals surface area contributed by atoms with E-state index in [4.69, 9.17) is 4.74 Å². The molecule has 2 fully saturated rings. The Hall–Kier alpha value is -0.600. The molecule has 21 heavy (non-hydrogen) atoms. The van der Waals surface area contributed by atoms with E-state index in [9.17, 15) is 15.3 Å². The normalized spacial score (nSPS) is 40.4. The van der Waals surface area contributed by atoms with E-state index >= 15 is 0 Å². The summed E-state index contributed by atoms with van der Waals surface area (Å²) in [7, 11) is 0. The summed E-state index contributed by atoms with van der Waals surface area (Å²) in [4.78, 5) is 4.41. The first-order chi connectivity index (χ1) is 9.97. The second-order valence-corrected chi connectivity index (χ2v) is 7.20. The molecular formula is C14H22N2O4S. The third kappa shape index (κ3) is 3.12. The van der Waals surface area contributed by atoms with E-state index in [-0.39, 0.29) is 5.44 Å². The number of nitrogens with zero attached hydrogens (tertiary/aromatic N) is 1. The Balaban J connectivity index is 1.65. The van der Waals surface area contributed by atoms with Crippen molar-refractivity contribution in [3.05, 3.63) is 12.2 Å². The second-order valence-electron chi connectivity index (χ2n) is 6.11. The minimum absolute atomic E-state index is 0.385. The summed E-state index contributed by atoms with van der Waals surface area (Å²) in [5.74, 6) is 0.727. The molecule has 1 saturated heterocycles. The van der Waals surface area contributed by atoms with Crippen molar-refractivity contribution in [2.45, 2.75) is 55.7 Å². The molecular weight excluding hydrogens is 292 g/mol. The van der Waals surface area contributed by atoms with Crippen LogP contribution in [0, 0.1) is 5.92 Å². The van der Waals surface area contributed by atoms with Gasteiger partial charge < -0.3 is 25.4 Å². The smallest absolute Gasteiger partial charge is 0.159 e. The lowest BCUT2D eigenvalue weighted by atomic mass is 9.92. The Morgan fingerprint density at radius 1 is 1.48 bits per heavy atom. The fourth-order valence-corrected chi connectivity index (χ4v) is 3.68. The number of rotatable bonds is 4. The van der Waals surface area contributed by atoms with E-state index in [1.807, 2.05) is 0 Å². The van der Waals surface area contributed by atoms with E-state index in [1.165, 1.54) is 24.6 Å². The Bertz CT molecular complexity index is 454. The lowest BCUT2D eigenvalue weighted by Gasteiger charge is -2.40. The Morgan fingerprint density at radius 2 is 2.19 bits per heavy atom. The summed E-state index contributed by atoms with van der Waals surface area (Å²) in [6.45, 7) is 6.23. The topological polar surface area (TPSA) is 94.3 Å². The molecule has 0 amide bonds. The van der Waals surface area contributed by atoms with E-state index in [0.29, 0.717) is 5.57 Å². The van der Waals surface area contributed by atoms with Gasteiger partial charge in [0.05, 0.1) is 0 Å². The first-order valence-corrected chi connectivity index (χ1v) is 8.18. The summed E-state index contributed by atoms with van der Waals surface area (Å²) in [6, 6.07) is -0.500. The Morgan fingerprint density at radius 3 is 2.81 bits per heavy atom. The van der Waals surface area contributed by atoms with Crippen molar-refractivity contribution in [3.63, 3.8) is 0 Å². The van der Waals surface area contributed by atoms with Crippen molar-refractivity contribution >= 4 is 16.9 Å². The van der Waals surface area contributed by atoms with E-state index in [2.05, 4.69) is 16.9 Å². The van der Waals surface area contributed by atoms with Crippen LogP contribution in [0.15, 0.2) is 17.1 Å². The highest BCUT2D eigenvalue weighted by atomic mass is 32.2. The molecule has 0 aromatic heterocycles. The van der Waals surface area contributed by atoms with Gasteiger partial charge in [-0.05, 0) is 31.3 Å². The van der Waals surface area contributed by atoms with E-state index in [1.54, 1.807) is 6.92 Å². The molecule has 4 N–H and O–H groups in total. The summed E-state index contributed by atoms with van der Waals surface area (Å²) >= 11 is 1.41. The van der Waals surface area contributed by atoms with Crippen LogP contribution in [0.4, 0.5) is 0 Å². The molecule has 0 aromatic carbocycles. The zero-order valence-corrected chi connectivity index (χ0v) is 12.8. The number of aliphatic hydroxyl groups excluding tert-OH is 3. The van der Waals surface area contributed by atoms with Gasteiger partial charge in [0.25, 0.3) is 0 Å². The largest absolute Gasteiger partial charge is 0.388 e. The third-order valence-electron chi connectivity index (χ3n) is 4.16. The number of hydrogen-bond acceptors (Lipinski definition) is 7. The van der Waals surface area contributed by atoms with E-state index < -0.39 is 30.5 Å². The Kier molecular flexibility index (Phi) is 4.29. The molecule has 3 rings (SSSR count). The molecule has 2 aliphatic heterocycles. The van der Waals surface area contributed by atoms with Gasteiger partial charge in [-0.2, -0.15) is 0 Å². The van der Waals surface area contributed by atoms with Crippen LogP contribution in [0.1, 0.15) is 19.8 Å². The number of nitrogens with one attached hydrogen (secondary N) is 1. The van der Waals surface area contributed by atoms with Gasteiger partial charge in [-0.1, -0.05) is 18.3 Å². The lowest BCUT2D eigenvalue weighted by molar-refractivity contribution is -0.178. The average molecular weight is 314 g/mol. The molecule has 0 bridgehead atoms. The SMILES string of the molecule is C=C(C)[C@@H](O)C1O[C@@H]2SC(NCC3CC3)=N[C@@H]2[C@@H](O)[C@@H]1O. The monoisotopic (exact) mass is 314 g/mol. The van der Waals surface area contributed by atoms with Crippen LogP contribution in [-0.4, -0.2) is 62.9 Å². The van der Waals surface area contributed by atoms with Crippen LogP contribution < -0.4 is 5.32 Å². The van der Waals surface area contributed by atoms with Crippen molar-refractivity contribution in [2.75, 3.05) is 6.54 Å². The molecule has 1 saturated carbocycles. The first kappa shape index (κ1) is 15.3. The van der Waals surface area contributed by atoms with Crippen molar-refractivity contribution in [1.29, 1.82) is 0 Å². The maximum atomic E-state index is 10.2. The van der Waals surface area contributed by atoms with Crippen molar-refractivity contribution in [2.24, 2.45) is 10.9 Å². The molecule has 1 unspecified atom stereocenters. The third-order valence-corrected chi connectivity index (χ3v) is 5.25. The molecule has 7 heteroatoms. The van der Waals surface area contributed by atoms with Gasteiger partial charge >= 0.3 is 0 Å². The molecule has 2 heterocycles. The van der Waals surface area contributed by atoms with Gasteiger partial charge in [-0.3, -0.25) is 4.99 Å². The highest BCUT2D eigenvalue weighted by Crippen LogP contribution is 2.37. The predicted octanol–water partition coefficient (Wildman–Crippen LogP) is -0.159. The van der Waals surface area contributed by atoms with Gasteiger partial charge in [-0.15, -0.1) is 0 Å². The summed E-state index contributed by atoms with van der Waals surface area (Å²) in [5.41, 5.74) is 0.116. The van der Waals surface area contributed by atoms with Crippen LogP contribution in [0.25, 0.3) is 0 Å². The van der Waals surface area contributed by atoms with Crippen LogP contribution in [0.5, 0.6) is 0 Å². The number of fused-ring (bicyclic) bond motifs is 1. The van der Waals surface area contributed by atoms with Gasteiger partial charge in [0, 0.05) is 6.54 Å². The number of thioether (sulfide) groups is 1.